The van der Waals surface area contributed by atoms with Gasteiger partial charge in [0, 0.05) is 19.6 Å². The standard InChI is InChI=1S/C17H26N4O2/c1-20(2)13-15(14-8-4-3-5-9-14)19-17(23)18-12-16(22)21-10-6-7-11-21/h3-5,8-9,15H,6-7,10-13H2,1-2H3,(H2,18,19,23). The van der Waals surface area contributed by atoms with Crippen LogP contribution in [0.5, 0.6) is 0 Å². The van der Waals surface area contributed by atoms with Crippen molar-refractivity contribution in [2.75, 3.05) is 40.3 Å². The summed E-state index contributed by atoms with van der Waals surface area (Å²) in [6.07, 6.45) is 2.10. The van der Waals surface area contributed by atoms with Gasteiger partial charge >= 0.3 is 6.03 Å². The molecular formula is C17H26N4O2. The maximum absolute atomic E-state index is 12.1. The molecular weight excluding hydrogens is 292 g/mol. The molecule has 1 aliphatic heterocycles. The van der Waals surface area contributed by atoms with Gasteiger partial charge in [0.15, 0.2) is 0 Å². The maximum atomic E-state index is 12.1. The van der Waals surface area contributed by atoms with Gasteiger partial charge < -0.3 is 20.4 Å². The lowest BCUT2D eigenvalue weighted by Crippen LogP contribution is -2.45. The first-order chi connectivity index (χ1) is 11.1. The Labute approximate surface area is 137 Å². The first-order valence-corrected chi connectivity index (χ1v) is 8.08. The Bertz CT molecular complexity index is 513. The van der Waals surface area contributed by atoms with Crippen molar-refractivity contribution in [1.82, 2.24) is 20.4 Å². The Morgan fingerprint density at radius 2 is 1.83 bits per heavy atom. The number of carbonyl (C=O) groups excluding carboxylic acids is 2. The number of hydrogen-bond acceptors (Lipinski definition) is 3. The molecule has 1 saturated heterocycles. The van der Waals surface area contributed by atoms with Crippen LogP contribution < -0.4 is 10.6 Å². The van der Waals surface area contributed by atoms with Crippen molar-refractivity contribution in [2.24, 2.45) is 0 Å². The molecule has 0 spiro atoms. The van der Waals surface area contributed by atoms with Gasteiger partial charge in [-0.15, -0.1) is 0 Å². The van der Waals surface area contributed by atoms with Crippen LogP contribution in [-0.2, 0) is 4.79 Å². The molecule has 1 heterocycles. The van der Waals surface area contributed by atoms with Crippen LogP contribution in [0, 0.1) is 0 Å². The highest BCUT2D eigenvalue weighted by atomic mass is 16.2. The minimum absolute atomic E-state index is 0.0125. The second-order valence-corrected chi connectivity index (χ2v) is 6.14. The van der Waals surface area contributed by atoms with E-state index < -0.39 is 0 Å². The zero-order chi connectivity index (χ0) is 16.7. The number of likely N-dealkylation sites (tertiary alicyclic amines) is 1. The lowest BCUT2D eigenvalue weighted by Gasteiger charge is -2.23. The van der Waals surface area contributed by atoms with Crippen LogP contribution in [0.1, 0.15) is 24.4 Å². The average molecular weight is 318 g/mol. The molecule has 1 atom stereocenters. The average Bonchev–Trinajstić information content (AvgIpc) is 3.07. The molecule has 0 aromatic heterocycles. The summed E-state index contributed by atoms with van der Waals surface area (Å²) in [5.74, 6) is -0.0125. The number of benzene rings is 1. The molecule has 6 heteroatoms. The summed E-state index contributed by atoms with van der Waals surface area (Å²) in [5, 5.41) is 5.62. The van der Waals surface area contributed by atoms with Crippen molar-refractivity contribution in [1.29, 1.82) is 0 Å². The van der Waals surface area contributed by atoms with Crippen LogP contribution in [0.4, 0.5) is 4.79 Å². The number of nitrogens with one attached hydrogen (secondary N) is 2. The number of carbonyl (C=O) groups is 2. The highest BCUT2D eigenvalue weighted by Crippen LogP contribution is 2.13. The first-order valence-electron chi connectivity index (χ1n) is 8.08. The molecule has 6 nitrogen and oxygen atoms in total. The summed E-state index contributed by atoms with van der Waals surface area (Å²) in [4.78, 5) is 27.9. The third kappa shape index (κ3) is 5.56. The van der Waals surface area contributed by atoms with Gasteiger partial charge in [0.2, 0.25) is 5.91 Å². The fourth-order valence-corrected chi connectivity index (χ4v) is 2.73. The normalized spacial score (nSPS) is 15.5. The van der Waals surface area contributed by atoms with Gasteiger partial charge in [0.05, 0.1) is 12.6 Å². The van der Waals surface area contributed by atoms with Gasteiger partial charge in [-0.25, -0.2) is 4.79 Å². The predicted molar refractivity (Wildman–Crippen MR) is 90.1 cm³/mol. The van der Waals surface area contributed by atoms with Crippen molar-refractivity contribution >= 4 is 11.9 Å². The van der Waals surface area contributed by atoms with Crippen LogP contribution in [-0.4, -0.2) is 62.0 Å². The van der Waals surface area contributed by atoms with Crippen molar-refractivity contribution < 1.29 is 9.59 Å². The van der Waals surface area contributed by atoms with Crippen LogP contribution >= 0.6 is 0 Å². The summed E-state index contributed by atoms with van der Waals surface area (Å²) in [5.41, 5.74) is 1.04. The molecule has 0 bridgehead atoms. The maximum Gasteiger partial charge on any atom is 0.315 e. The van der Waals surface area contributed by atoms with Gasteiger partial charge in [-0.1, -0.05) is 30.3 Å². The van der Waals surface area contributed by atoms with Crippen molar-refractivity contribution in [2.45, 2.75) is 18.9 Å². The third-order valence-corrected chi connectivity index (χ3v) is 3.91. The van der Waals surface area contributed by atoms with E-state index in [9.17, 15) is 9.59 Å². The van der Waals surface area contributed by atoms with E-state index >= 15 is 0 Å². The van der Waals surface area contributed by atoms with Gasteiger partial charge in [-0.2, -0.15) is 0 Å². The van der Waals surface area contributed by atoms with Crippen LogP contribution in [0.3, 0.4) is 0 Å². The lowest BCUT2D eigenvalue weighted by molar-refractivity contribution is -0.128. The van der Waals surface area contributed by atoms with E-state index in [1.54, 1.807) is 4.90 Å². The first kappa shape index (κ1) is 17.3. The Morgan fingerprint density at radius 1 is 1.17 bits per heavy atom. The molecule has 0 saturated carbocycles. The van der Waals surface area contributed by atoms with Crippen LogP contribution in [0.2, 0.25) is 0 Å². The number of urea groups is 1. The molecule has 1 unspecified atom stereocenters. The van der Waals surface area contributed by atoms with Crippen molar-refractivity contribution in [3.63, 3.8) is 0 Å². The van der Waals surface area contributed by atoms with Gasteiger partial charge in [-0.3, -0.25) is 4.79 Å². The Balaban J connectivity index is 1.86. The van der Waals surface area contributed by atoms with E-state index in [-0.39, 0.29) is 24.5 Å². The Hall–Kier alpha value is -2.08. The monoisotopic (exact) mass is 318 g/mol. The molecule has 1 fully saturated rings. The number of likely N-dealkylation sites (N-methyl/N-ethyl adjacent to an activating group) is 1. The second-order valence-electron chi connectivity index (χ2n) is 6.14. The highest BCUT2D eigenvalue weighted by molar-refractivity contribution is 5.84. The molecule has 0 aliphatic carbocycles. The van der Waals surface area contributed by atoms with E-state index in [1.165, 1.54) is 0 Å². The quantitative estimate of drug-likeness (QED) is 0.829. The number of hydrogen-bond donors (Lipinski definition) is 2. The Morgan fingerprint density at radius 3 is 2.43 bits per heavy atom. The third-order valence-electron chi connectivity index (χ3n) is 3.91. The SMILES string of the molecule is CN(C)CC(NC(=O)NCC(=O)N1CCCC1)c1ccccc1. The highest BCUT2D eigenvalue weighted by Gasteiger charge is 2.19. The van der Waals surface area contributed by atoms with E-state index in [4.69, 9.17) is 0 Å². The molecule has 1 aliphatic rings. The van der Waals surface area contributed by atoms with E-state index in [1.807, 2.05) is 49.3 Å². The summed E-state index contributed by atoms with van der Waals surface area (Å²) in [7, 11) is 3.93. The van der Waals surface area contributed by atoms with Crippen LogP contribution in [0.15, 0.2) is 30.3 Å². The van der Waals surface area contributed by atoms with Crippen molar-refractivity contribution in [3.8, 4) is 0 Å². The molecule has 1 aromatic rings. The van der Waals surface area contributed by atoms with Crippen molar-refractivity contribution in [3.05, 3.63) is 35.9 Å². The summed E-state index contributed by atoms with van der Waals surface area (Å²) in [6.45, 7) is 2.34. The predicted octanol–water partition coefficient (Wildman–Crippen LogP) is 1.21. The number of rotatable bonds is 6. The van der Waals surface area contributed by atoms with E-state index in [2.05, 4.69) is 10.6 Å². The molecule has 0 radical (unpaired) electrons. The molecule has 23 heavy (non-hydrogen) atoms. The summed E-state index contributed by atoms with van der Waals surface area (Å²) < 4.78 is 0. The molecule has 126 valence electrons. The fourth-order valence-electron chi connectivity index (χ4n) is 2.73. The van der Waals surface area contributed by atoms with Gasteiger partial charge in [0.1, 0.15) is 0 Å². The molecule has 2 N–H and O–H groups in total. The zero-order valence-corrected chi connectivity index (χ0v) is 13.9. The van der Waals surface area contributed by atoms with E-state index in [0.29, 0.717) is 6.54 Å². The summed E-state index contributed by atoms with van der Waals surface area (Å²) in [6, 6.07) is 9.41. The van der Waals surface area contributed by atoms with Gasteiger partial charge in [-0.05, 0) is 32.5 Å². The summed E-state index contributed by atoms with van der Waals surface area (Å²) >= 11 is 0. The Kier molecular flexibility index (Phi) is 6.40. The number of amides is 3. The minimum atomic E-state index is -0.312. The topological polar surface area (TPSA) is 64.7 Å². The van der Waals surface area contributed by atoms with Gasteiger partial charge in [0.25, 0.3) is 0 Å². The zero-order valence-electron chi connectivity index (χ0n) is 13.9. The molecule has 2 rings (SSSR count). The van der Waals surface area contributed by atoms with Crippen LogP contribution in [0.25, 0.3) is 0 Å². The van der Waals surface area contributed by atoms with E-state index in [0.717, 1.165) is 31.5 Å². The molecule has 1 aromatic carbocycles. The lowest BCUT2D eigenvalue weighted by atomic mass is 10.1. The second kappa shape index (κ2) is 8.53. The number of nitrogens with zero attached hydrogens (tertiary/aromatic N) is 2. The smallest absolute Gasteiger partial charge is 0.315 e. The minimum Gasteiger partial charge on any atom is -0.341 e. The molecule has 3 amide bonds. The fraction of sp³-hybridized carbons (Fsp3) is 0.529. The largest absolute Gasteiger partial charge is 0.341 e.